The molecule has 2 aromatic carbocycles. The zero-order valence-corrected chi connectivity index (χ0v) is 12.4. The second-order valence-electron chi connectivity index (χ2n) is 4.04. The fourth-order valence-corrected chi connectivity index (χ4v) is 3.12. The quantitative estimate of drug-likeness (QED) is 0.547. The van der Waals surface area contributed by atoms with Crippen LogP contribution in [0.25, 0.3) is 10.8 Å². The van der Waals surface area contributed by atoms with Crippen molar-refractivity contribution < 1.29 is 34.4 Å². The van der Waals surface area contributed by atoms with Gasteiger partial charge in [0.2, 0.25) is 0 Å². The summed E-state index contributed by atoms with van der Waals surface area (Å²) in [6.45, 7) is 3.68. The van der Waals surface area contributed by atoms with Crippen molar-refractivity contribution in [3.05, 3.63) is 42.5 Å². The van der Waals surface area contributed by atoms with Gasteiger partial charge in [-0.2, -0.15) is 0 Å². The van der Waals surface area contributed by atoms with Crippen LogP contribution >= 0.6 is 0 Å². The molecule has 0 aliphatic heterocycles. The van der Waals surface area contributed by atoms with Crippen LogP contribution in [0.3, 0.4) is 0 Å². The van der Waals surface area contributed by atoms with Crippen LogP contribution in [0.2, 0.25) is 13.1 Å². The van der Waals surface area contributed by atoms with Gasteiger partial charge in [-0.1, -0.05) is 60.7 Å². The van der Waals surface area contributed by atoms with E-state index in [-0.39, 0.29) is 29.6 Å². The molecule has 0 unspecified atom stereocenters. The Labute approximate surface area is 114 Å². The van der Waals surface area contributed by atoms with Gasteiger partial charge in [0, 0.05) is 0 Å². The van der Waals surface area contributed by atoms with Crippen molar-refractivity contribution >= 4 is 24.3 Å². The van der Waals surface area contributed by atoms with Crippen molar-refractivity contribution in [3.63, 3.8) is 0 Å². The summed E-state index contributed by atoms with van der Waals surface area (Å²) in [5.74, 6) is 0. The summed E-state index contributed by atoms with van der Waals surface area (Å²) in [5.41, 5.74) is 0. The Morgan fingerprint density at radius 1 is 0.933 bits per heavy atom. The average Bonchev–Trinajstić information content (AvgIpc) is 2.15. The third kappa shape index (κ3) is 2.71. The molecule has 3 heteroatoms. The van der Waals surface area contributed by atoms with E-state index in [0.717, 1.165) is 10.6 Å². The van der Waals surface area contributed by atoms with E-state index in [1.165, 1.54) is 5.39 Å². The predicted molar refractivity (Wildman–Crippen MR) is 61.1 cm³/mol. The second-order valence-corrected chi connectivity index (χ2v) is 7.60. The molecule has 1 nitrogen and oxygen atoms in total. The molecule has 0 aromatic heterocycles. The molecule has 0 saturated carbocycles. The van der Waals surface area contributed by atoms with Crippen molar-refractivity contribution in [1.82, 2.24) is 0 Å². The van der Waals surface area contributed by atoms with Crippen LogP contribution in [-0.2, 0) is 0 Å². The maximum absolute atomic E-state index is 12.1. The van der Waals surface area contributed by atoms with Crippen LogP contribution < -0.4 is 39.5 Å². The predicted octanol–water partition coefficient (Wildman–Crippen LogP) is -1.38. The van der Waals surface area contributed by atoms with Crippen LogP contribution in [0.4, 0.5) is 0 Å². The molecule has 0 fully saturated rings. The fourth-order valence-electron chi connectivity index (χ4n) is 1.75. The zero-order chi connectivity index (χ0) is 10.2. The van der Waals surface area contributed by atoms with Crippen LogP contribution in [-0.4, -0.2) is 8.32 Å². The molecule has 0 N–H and O–H groups in total. The molecule has 0 bridgehead atoms. The van der Waals surface area contributed by atoms with E-state index in [9.17, 15) is 4.80 Å². The number of hydrogen-bond donors (Lipinski definition) is 0. The van der Waals surface area contributed by atoms with Gasteiger partial charge in [0.05, 0.1) is 0 Å². The minimum Gasteiger partial charge on any atom is -0.855 e. The molecule has 0 spiro atoms. The molecule has 0 heterocycles. The molecule has 2 aromatic rings. The number of fused-ring (bicyclic) bond motifs is 1. The SMILES string of the molecule is C[Si](C)([O-])c1cccc2ccccc12.[Na+]. The first-order valence-electron chi connectivity index (χ1n) is 4.78. The van der Waals surface area contributed by atoms with Gasteiger partial charge in [-0.3, -0.25) is 0 Å². The number of hydrogen-bond acceptors (Lipinski definition) is 1. The summed E-state index contributed by atoms with van der Waals surface area (Å²) in [6.07, 6.45) is 0. The number of rotatable bonds is 1. The van der Waals surface area contributed by atoms with Crippen molar-refractivity contribution in [1.29, 1.82) is 0 Å². The first kappa shape index (κ1) is 12.9. The maximum Gasteiger partial charge on any atom is 1.00 e. The monoisotopic (exact) mass is 224 g/mol. The smallest absolute Gasteiger partial charge is 0.855 e. The Kier molecular flexibility index (Phi) is 4.15. The van der Waals surface area contributed by atoms with Gasteiger partial charge >= 0.3 is 29.6 Å². The van der Waals surface area contributed by atoms with Crippen LogP contribution in [0.15, 0.2) is 42.5 Å². The van der Waals surface area contributed by atoms with Gasteiger partial charge in [0.1, 0.15) is 0 Å². The summed E-state index contributed by atoms with van der Waals surface area (Å²) in [5, 5.41) is 3.30. The normalized spacial score (nSPS) is 11.1. The summed E-state index contributed by atoms with van der Waals surface area (Å²) >= 11 is 0. The molecule has 72 valence electrons. The Hall–Kier alpha value is -0.123. The molecular weight excluding hydrogens is 211 g/mol. The van der Waals surface area contributed by atoms with Crippen molar-refractivity contribution in [3.8, 4) is 0 Å². The minimum absolute atomic E-state index is 0. The van der Waals surface area contributed by atoms with Gasteiger partial charge < -0.3 is 4.80 Å². The Morgan fingerprint density at radius 3 is 2.20 bits per heavy atom. The largest absolute Gasteiger partial charge is 1.00 e. The number of benzene rings is 2. The summed E-state index contributed by atoms with van der Waals surface area (Å²) < 4.78 is 0. The summed E-state index contributed by atoms with van der Waals surface area (Å²) in [7, 11) is -2.45. The van der Waals surface area contributed by atoms with E-state index in [1.54, 1.807) is 0 Å². The van der Waals surface area contributed by atoms with Crippen molar-refractivity contribution in [2.45, 2.75) is 13.1 Å². The van der Waals surface area contributed by atoms with Crippen molar-refractivity contribution in [2.24, 2.45) is 0 Å². The van der Waals surface area contributed by atoms with Gasteiger partial charge in [-0.05, 0) is 19.1 Å². The van der Waals surface area contributed by atoms with Crippen LogP contribution in [0, 0.1) is 0 Å². The van der Waals surface area contributed by atoms with E-state index in [2.05, 4.69) is 12.1 Å². The molecule has 0 amide bonds. The van der Waals surface area contributed by atoms with Gasteiger partial charge in [0.15, 0.2) is 0 Å². The molecule has 2 rings (SSSR count). The summed E-state index contributed by atoms with van der Waals surface area (Å²) in [4.78, 5) is 12.1. The standard InChI is InChI=1S/C12H13OSi.Na/c1-14(2,13)12-9-5-7-10-6-3-4-8-11(10)12;/h3-9H,1-2H3;/q-1;+1. The first-order valence-corrected chi connectivity index (χ1v) is 7.68. The molecular formula is C12H13NaOSi. The first-order chi connectivity index (χ1) is 6.59. The topological polar surface area (TPSA) is 23.1 Å². The average molecular weight is 224 g/mol. The Morgan fingerprint density at radius 2 is 1.53 bits per heavy atom. The van der Waals surface area contributed by atoms with E-state index in [4.69, 9.17) is 0 Å². The molecule has 0 aliphatic rings. The maximum atomic E-state index is 12.1. The van der Waals surface area contributed by atoms with Crippen LogP contribution in [0.1, 0.15) is 0 Å². The van der Waals surface area contributed by atoms with Gasteiger partial charge in [-0.25, -0.2) is 0 Å². The van der Waals surface area contributed by atoms with E-state index in [0.29, 0.717) is 0 Å². The molecule has 0 atom stereocenters. The van der Waals surface area contributed by atoms with E-state index < -0.39 is 8.32 Å². The van der Waals surface area contributed by atoms with Gasteiger partial charge in [-0.15, -0.1) is 0 Å². The third-order valence-corrected chi connectivity index (χ3v) is 4.17. The zero-order valence-electron chi connectivity index (χ0n) is 9.45. The van der Waals surface area contributed by atoms with Gasteiger partial charge in [0.25, 0.3) is 0 Å². The van der Waals surface area contributed by atoms with Crippen LogP contribution in [0.5, 0.6) is 0 Å². The molecule has 15 heavy (non-hydrogen) atoms. The second kappa shape index (κ2) is 4.81. The molecule has 0 saturated heterocycles. The fraction of sp³-hybridized carbons (Fsp3) is 0.167. The Balaban J connectivity index is 0.00000112. The molecule has 0 aliphatic carbocycles. The third-order valence-electron chi connectivity index (χ3n) is 2.44. The molecule has 0 radical (unpaired) electrons. The summed E-state index contributed by atoms with van der Waals surface area (Å²) in [6, 6.07) is 14.1. The minimum atomic E-state index is -2.45. The van der Waals surface area contributed by atoms with E-state index >= 15 is 0 Å². The Bertz CT molecular complexity index is 457. The van der Waals surface area contributed by atoms with Crippen molar-refractivity contribution in [2.75, 3.05) is 0 Å². The van der Waals surface area contributed by atoms with E-state index in [1.807, 2.05) is 43.4 Å².